The Balaban J connectivity index is 1.92. The second kappa shape index (κ2) is 6.27. The number of H-pyrrole nitrogens is 1. The van der Waals surface area contributed by atoms with Gasteiger partial charge in [-0.2, -0.15) is 5.26 Å². The van der Waals surface area contributed by atoms with E-state index in [1.807, 2.05) is 31.2 Å². The predicted molar refractivity (Wildman–Crippen MR) is 91.7 cm³/mol. The first-order valence-electron chi connectivity index (χ1n) is 7.76. The molecule has 0 aliphatic carbocycles. The molecule has 1 fully saturated rings. The summed E-state index contributed by atoms with van der Waals surface area (Å²) in [6.45, 7) is 5.98. The van der Waals surface area contributed by atoms with Crippen molar-refractivity contribution in [1.82, 2.24) is 9.88 Å². The molecule has 5 nitrogen and oxygen atoms in total. The molecule has 1 N–H and O–H groups in total. The zero-order valence-corrected chi connectivity index (χ0v) is 13.5. The van der Waals surface area contributed by atoms with Crippen LogP contribution in [0.25, 0.3) is 11.1 Å². The van der Waals surface area contributed by atoms with Gasteiger partial charge >= 0.3 is 0 Å². The van der Waals surface area contributed by atoms with Crippen molar-refractivity contribution in [1.29, 1.82) is 5.26 Å². The first-order chi connectivity index (χ1) is 11.1. The first kappa shape index (κ1) is 15.3. The van der Waals surface area contributed by atoms with Crippen LogP contribution in [0, 0.1) is 18.3 Å². The molecule has 1 aliphatic heterocycles. The van der Waals surface area contributed by atoms with Crippen LogP contribution in [-0.2, 0) is 0 Å². The fraction of sp³-hybridized carbons (Fsp3) is 0.333. The Morgan fingerprint density at radius 2 is 1.78 bits per heavy atom. The van der Waals surface area contributed by atoms with Gasteiger partial charge in [0.1, 0.15) is 11.6 Å². The predicted octanol–water partition coefficient (Wildman–Crippen LogP) is 1.97. The number of likely N-dealkylation sites (N-methyl/N-ethyl adjacent to an activating group) is 1. The Bertz CT molecular complexity index is 793. The second-order valence-electron chi connectivity index (χ2n) is 6.02. The number of benzene rings is 1. The number of aromatic amines is 1. The molecule has 118 valence electrons. The van der Waals surface area contributed by atoms with E-state index >= 15 is 0 Å². The Morgan fingerprint density at radius 1 is 1.13 bits per heavy atom. The maximum atomic E-state index is 11.9. The third kappa shape index (κ3) is 3.13. The van der Waals surface area contributed by atoms with E-state index in [1.54, 1.807) is 0 Å². The molecular formula is C18H20N4O. The number of hydrogen-bond acceptors (Lipinski definition) is 4. The smallest absolute Gasteiger partial charge is 0.266 e. The van der Waals surface area contributed by atoms with Crippen molar-refractivity contribution < 1.29 is 0 Å². The van der Waals surface area contributed by atoms with Crippen LogP contribution in [-0.4, -0.2) is 43.1 Å². The van der Waals surface area contributed by atoms with Crippen LogP contribution < -0.4 is 10.5 Å². The Hall–Kier alpha value is -2.58. The van der Waals surface area contributed by atoms with Gasteiger partial charge in [0.15, 0.2) is 0 Å². The lowest BCUT2D eigenvalue weighted by molar-refractivity contribution is 0.313. The number of aromatic nitrogens is 1. The number of piperazine rings is 1. The van der Waals surface area contributed by atoms with Gasteiger partial charge in [0, 0.05) is 43.1 Å². The van der Waals surface area contributed by atoms with E-state index in [2.05, 4.69) is 34.0 Å². The molecule has 5 heteroatoms. The van der Waals surface area contributed by atoms with E-state index in [4.69, 9.17) is 0 Å². The van der Waals surface area contributed by atoms with Crippen LogP contribution in [0.3, 0.4) is 0 Å². The van der Waals surface area contributed by atoms with E-state index in [1.165, 1.54) is 5.69 Å². The number of nitriles is 1. The highest BCUT2D eigenvalue weighted by Gasteiger charge is 2.15. The van der Waals surface area contributed by atoms with E-state index < -0.39 is 0 Å². The van der Waals surface area contributed by atoms with Crippen molar-refractivity contribution in [2.75, 3.05) is 38.1 Å². The summed E-state index contributed by atoms with van der Waals surface area (Å²) in [5, 5.41) is 9.25. The highest BCUT2D eigenvalue weighted by Crippen LogP contribution is 2.25. The minimum Gasteiger partial charge on any atom is -0.369 e. The SMILES string of the molecule is Cc1cc(-c2ccc(N3CCN(C)CC3)cc2)c(C#N)c(=O)[nH]1. The molecule has 23 heavy (non-hydrogen) atoms. The van der Waals surface area contributed by atoms with Crippen LogP contribution in [0.2, 0.25) is 0 Å². The average molecular weight is 308 g/mol. The molecule has 0 atom stereocenters. The maximum absolute atomic E-state index is 11.9. The molecule has 1 aliphatic rings. The number of hydrogen-bond donors (Lipinski definition) is 1. The van der Waals surface area contributed by atoms with Crippen molar-refractivity contribution in [3.63, 3.8) is 0 Å². The minimum atomic E-state index is -0.328. The Labute approximate surface area is 135 Å². The number of nitrogens with zero attached hydrogens (tertiary/aromatic N) is 3. The van der Waals surface area contributed by atoms with Gasteiger partial charge in [-0.05, 0) is 37.7 Å². The molecule has 0 saturated carbocycles. The summed E-state index contributed by atoms with van der Waals surface area (Å²) in [7, 11) is 2.14. The zero-order chi connectivity index (χ0) is 16.4. The van der Waals surface area contributed by atoms with E-state index in [-0.39, 0.29) is 11.1 Å². The van der Waals surface area contributed by atoms with Crippen LogP contribution >= 0.6 is 0 Å². The van der Waals surface area contributed by atoms with Crippen molar-refractivity contribution in [3.05, 3.63) is 51.9 Å². The molecule has 2 aromatic rings. The fourth-order valence-corrected chi connectivity index (χ4v) is 2.94. The lowest BCUT2D eigenvalue weighted by Crippen LogP contribution is -2.44. The van der Waals surface area contributed by atoms with Gasteiger partial charge in [0.25, 0.3) is 5.56 Å². The lowest BCUT2D eigenvalue weighted by Gasteiger charge is -2.34. The third-order valence-corrected chi connectivity index (χ3v) is 4.33. The Kier molecular flexibility index (Phi) is 4.18. The summed E-state index contributed by atoms with van der Waals surface area (Å²) < 4.78 is 0. The minimum absolute atomic E-state index is 0.169. The second-order valence-corrected chi connectivity index (χ2v) is 6.02. The summed E-state index contributed by atoms with van der Waals surface area (Å²) in [5.74, 6) is 0. The molecule has 3 rings (SSSR count). The van der Waals surface area contributed by atoms with Crippen LogP contribution in [0.1, 0.15) is 11.3 Å². The topological polar surface area (TPSA) is 63.1 Å². The van der Waals surface area contributed by atoms with Crippen LogP contribution in [0.4, 0.5) is 5.69 Å². The number of nitrogens with one attached hydrogen (secondary N) is 1. The van der Waals surface area contributed by atoms with Gasteiger partial charge in [0.05, 0.1) is 0 Å². The Morgan fingerprint density at radius 3 is 2.39 bits per heavy atom. The van der Waals surface area contributed by atoms with Crippen molar-refractivity contribution in [3.8, 4) is 17.2 Å². The third-order valence-electron chi connectivity index (χ3n) is 4.33. The van der Waals surface area contributed by atoms with Crippen LogP contribution in [0.15, 0.2) is 35.1 Å². The molecule has 0 unspecified atom stereocenters. The number of anilines is 1. The quantitative estimate of drug-likeness (QED) is 0.921. The summed E-state index contributed by atoms with van der Waals surface area (Å²) in [6, 6.07) is 12.0. The number of pyridine rings is 1. The number of rotatable bonds is 2. The molecule has 0 radical (unpaired) electrons. The molecule has 0 spiro atoms. The van der Waals surface area contributed by atoms with Crippen LogP contribution in [0.5, 0.6) is 0 Å². The molecule has 1 aromatic heterocycles. The van der Waals surface area contributed by atoms with Crippen molar-refractivity contribution in [2.45, 2.75) is 6.92 Å². The molecular weight excluding hydrogens is 288 g/mol. The summed E-state index contributed by atoms with van der Waals surface area (Å²) in [4.78, 5) is 19.3. The maximum Gasteiger partial charge on any atom is 0.266 e. The molecule has 2 heterocycles. The summed E-state index contributed by atoms with van der Waals surface area (Å²) in [5.41, 5.74) is 3.37. The normalized spacial score (nSPS) is 15.4. The van der Waals surface area contributed by atoms with Crippen molar-refractivity contribution >= 4 is 5.69 Å². The van der Waals surface area contributed by atoms with Gasteiger partial charge in [-0.1, -0.05) is 12.1 Å². The number of aryl methyl sites for hydroxylation is 1. The summed E-state index contributed by atoms with van der Waals surface area (Å²) in [6.07, 6.45) is 0. The molecule has 1 aromatic carbocycles. The van der Waals surface area contributed by atoms with Gasteiger partial charge in [-0.3, -0.25) is 4.79 Å². The van der Waals surface area contributed by atoms with Gasteiger partial charge in [-0.15, -0.1) is 0 Å². The van der Waals surface area contributed by atoms with Crippen molar-refractivity contribution in [2.24, 2.45) is 0 Å². The standard InChI is InChI=1S/C18H20N4O/c1-13-11-16(17(12-19)18(23)20-13)14-3-5-15(6-4-14)22-9-7-21(2)8-10-22/h3-6,11H,7-10H2,1-2H3,(H,20,23). The fourth-order valence-electron chi connectivity index (χ4n) is 2.94. The summed E-state index contributed by atoms with van der Waals surface area (Å²) >= 11 is 0. The highest BCUT2D eigenvalue weighted by molar-refractivity contribution is 5.72. The monoisotopic (exact) mass is 308 g/mol. The van der Waals surface area contributed by atoms with Gasteiger partial charge in [-0.25, -0.2) is 0 Å². The molecule has 1 saturated heterocycles. The van der Waals surface area contributed by atoms with Gasteiger partial charge < -0.3 is 14.8 Å². The first-order valence-corrected chi connectivity index (χ1v) is 7.76. The zero-order valence-electron chi connectivity index (χ0n) is 13.5. The average Bonchev–Trinajstić information content (AvgIpc) is 2.55. The molecule has 0 bridgehead atoms. The highest BCUT2D eigenvalue weighted by atomic mass is 16.1. The van der Waals surface area contributed by atoms with Gasteiger partial charge in [0.2, 0.25) is 0 Å². The van der Waals surface area contributed by atoms with E-state index in [9.17, 15) is 10.1 Å². The molecule has 0 amide bonds. The van der Waals surface area contributed by atoms with E-state index in [0.29, 0.717) is 5.56 Å². The largest absolute Gasteiger partial charge is 0.369 e. The van der Waals surface area contributed by atoms with E-state index in [0.717, 1.165) is 37.4 Å². The lowest BCUT2D eigenvalue weighted by atomic mass is 10.0.